The summed E-state index contributed by atoms with van der Waals surface area (Å²) in [6, 6.07) is 71.8. The SMILES string of the molecule is Cc1cc2c3c(c1)N(c1cccc4c1oc1ccccc14)c1cc4c(cc1B3c1ccc(N(c3ccccc3)c3ccccc3)cc1N2c1ccc(-c2ccccc2)cc1C)C(C)(C)CCC4(C)C. The molecule has 0 fully saturated rings. The predicted octanol–water partition coefficient (Wildman–Crippen LogP) is 15.8. The second kappa shape index (κ2) is 15.4. The maximum atomic E-state index is 6.94. The Balaban J connectivity index is 1.13. The lowest BCUT2D eigenvalue weighted by atomic mass is 9.33. The Labute approximate surface area is 406 Å². The molecule has 0 spiro atoms. The van der Waals surface area contributed by atoms with Gasteiger partial charge in [0.1, 0.15) is 5.58 Å². The summed E-state index contributed by atoms with van der Waals surface area (Å²) in [6.07, 6.45) is 2.27. The Bertz CT molecular complexity index is 3630. The van der Waals surface area contributed by atoms with Gasteiger partial charge in [0.15, 0.2) is 5.58 Å². The normalized spacial score (nSPS) is 15.1. The molecule has 1 aliphatic carbocycles. The smallest absolute Gasteiger partial charge is 0.252 e. The molecule has 4 nitrogen and oxygen atoms in total. The zero-order valence-corrected chi connectivity index (χ0v) is 40.2. The van der Waals surface area contributed by atoms with Crippen LogP contribution in [0.3, 0.4) is 0 Å². The van der Waals surface area contributed by atoms with Crippen LogP contribution in [0.4, 0.5) is 51.2 Å². The maximum absolute atomic E-state index is 6.94. The van der Waals surface area contributed by atoms with E-state index in [0.717, 1.165) is 63.2 Å². The zero-order valence-electron chi connectivity index (χ0n) is 40.2. The molecule has 0 amide bonds. The molecule has 5 heteroatoms. The molecule has 2 aliphatic heterocycles. The largest absolute Gasteiger partial charge is 0.454 e. The number of furan rings is 1. The standard InChI is InChI=1S/C64H54BN3O/c1-41-35-58-61-59(36-41)68(55-27-18-26-49-48-25-16-17-28-60(48)69-62(49)55)57-40-51-50(63(3,4)33-34-64(51,5)6)39-53(57)65(61)52-31-30-47(66(45-21-12-8-13-22-45)46-23-14-9-15-24-46)38-56(52)67(58)54-32-29-44(37-42(54)2)43-19-10-7-11-20-43/h7-32,35-40H,33-34H2,1-6H3. The van der Waals surface area contributed by atoms with Crippen LogP contribution in [0, 0.1) is 13.8 Å². The fraction of sp³-hybridized carbons (Fsp3) is 0.156. The van der Waals surface area contributed by atoms with Crippen molar-refractivity contribution in [2.24, 2.45) is 0 Å². The Morgan fingerprint density at radius 1 is 0.449 bits per heavy atom. The van der Waals surface area contributed by atoms with Gasteiger partial charge < -0.3 is 19.1 Å². The molecule has 0 unspecified atom stereocenters. The van der Waals surface area contributed by atoms with Crippen molar-refractivity contribution in [1.29, 1.82) is 0 Å². The molecule has 334 valence electrons. The summed E-state index contributed by atoms with van der Waals surface area (Å²) in [4.78, 5) is 7.54. The summed E-state index contributed by atoms with van der Waals surface area (Å²) in [5.74, 6) is 0. The fourth-order valence-corrected chi connectivity index (χ4v) is 12.1. The number of rotatable bonds is 6. The van der Waals surface area contributed by atoms with Crippen molar-refractivity contribution in [3.8, 4) is 11.1 Å². The van der Waals surface area contributed by atoms with Crippen molar-refractivity contribution < 1.29 is 4.42 Å². The highest BCUT2D eigenvalue weighted by atomic mass is 16.3. The quantitative estimate of drug-likeness (QED) is 0.155. The number of nitrogens with zero attached hydrogens (tertiary/aromatic N) is 3. The van der Waals surface area contributed by atoms with E-state index in [1.807, 2.05) is 0 Å². The number of anilines is 9. The Morgan fingerprint density at radius 3 is 1.72 bits per heavy atom. The maximum Gasteiger partial charge on any atom is 0.252 e. The molecule has 0 atom stereocenters. The van der Waals surface area contributed by atoms with Crippen molar-refractivity contribution in [2.45, 2.75) is 65.2 Å². The lowest BCUT2D eigenvalue weighted by Gasteiger charge is -2.47. The van der Waals surface area contributed by atoms with Gasteiger partial charge in [-0.3, -0.25) is 0 Å². The topological polar surface area (TPSA) is 22.9 Å². The van der Waals surface area contributed by atoms with E-state index in [4.69, 9.17) is 4.42 Å². The number of para-hydroxylation sites is 4. The van der Waals surface area contributed by atoms with Gasteiger partial charge in [-0.15, -0.1) is 0 Å². The van der Waals surface area contributed by atoms with Gasteiger partial charge in [0.2, 0.25) is 0 Å². The highest BCUT2D eigenvalue weighted by Gasteiger charge is 2.47. The van der Waals surface area contributed by atoms with Gasteiger partial charge in [-0.1, -0.05) is 143 Å². The van der Waals surface area contributed by atoms with Crippen LogP contribution in [-0.4, -0.2) is 6.71 Å². The molecule has 13 rings (SSSR count). The Morgan fingerprint density at radius 2 is 1.04 bits per heavy atom. The van der Waals surface area contributed by atoms with Crippen LogP contribution < -0.4 is 31.1 Å². The van der Waals surface area contributed by atoms with Crippen molar-refractivity contribution in [2.75, 3.05) is 14.7 Å². The van der Waals surface area contributed by atoms with Gasteiger partial charge in [0.25, 0.3) is 6.71 Å². The summed E-state index contributed by atoms with van der Waals surface area (Å²) >= 11 is 0. The number of benzene rings is 9. The minimum atomic E-state index is -0.0473. The summed E-state index contributed by atoms with van der Waals surface area (Å²) in [6.45, 7) is 14.3. The molecule has 3 aliphatic rings. The molecule has 0 radical (unpaired) electrons. The van der Waals surface area contributed by atoms with Crippen LogP contribution in [-0.2, 0) is 10.8 Å². The summed E-state index contributed by atoms with van der Waals surface area (Å²) in [7, 11) is 0. The first-order valence-corrected chi connectivity index (χ1v) is 24.6. The third kappa shape index (κ3) is 6.43. The molecule has 10 aromatic rings. The average molecular weight is 892 g/mol. The van der Waals surface area contributed by atoms with Gasteiger partial charge in [0.05, 0.1) is 5.69 Å². The zero-order chi connectivity index (χ0) is 46.8. The van der Waals surface area contributed by atoms with E-state index in [1.165, 1.54) is 72.5 Å². The van der Waals surface area contributed by atoms with Gasteiger partial charge >= 0.3 is 0 Å². The molecule has 0 saturated carbocycles. The fourth-order valence-electron chi connectivity index (χ4n) is 12.1. The van der Waals surface area contributed by atoms with E-state index >= 15 is 0 Å². The molecule has 1 aromatic heterocycles. The summed E-state index contributed by atoms with van der Waals surface area (Å²) < 4.78 is 6.94. The van der Waals surface area contributed by atoms with Gasteiger partial charge in [-0.05, 0) is 166 Å². The highest BCUT2D eigenvalue weighted by molar-refractivity contribution is 7.00. The van der Waals surface area contributed by atoms with Crippen molar-refractivity contribution in [3.63, 3.8) is 0 Å². The average Bonchev–Trinajstić information content (AvgIpc) is 3.75. The van der Waals surface area contributed by atoms with E-state index in [9.17, 15) is 0 Å². The van der Waals surface area contributed by atoms with Crippen molar-refractivity contribution in [1.82, 2.24) is 0 Å². The first-order valence-electron chi connectivity index (χ1n) is 24.6. The monoisotopic (exact) mass is 891 g/mol. The molecule has 0 N–H and O–H groups in total. The Hall–Kier alpha value is -7.76. The number of aryl methyl sites for hydroxylation is 2. The van der Waals surface area contributed by atoms with Crippen LogP contribution in [0.15, 0.2) is 199 Å². The molecule has 69 heavy (non-hydrogen) atoms. The van der Waals surface area contributed by atoms with Crippen LogP contribution in [0.2, 0.25) is 0 Å². The second-order valence-corrected chi connectivity index (χ2v) is 20.9. The lowest BCUT2D eigenvalue weighted by Crippen LogP contribution is -2.62. The number of fused-ring (bicyclic) bond motifs is 8. The van der Waals surface area contributed by atoms with Crippen LogP contribution in [0.1, 0.15) is 62.8 Å². The van der Waals surface area contributed by atoms with Crippen LogP contribution in [0.25, 0.3) is 33.1 Å². The second-order valence-electron chi connectivity index (χ2n) is 20.9. The van der Waals surface area contributed by atoms with Crippen LogP contribution in [0.5, 0.6) is 0 Å². The first-order chi connectivity index (χ1) is 33.5. The molecular formula is C64H54BN3O. The van der Waals surface area contributed by atoms with Crippen molar-refractivity contribution in [3.05, 3.63) is 216 Å². The van der Waals surface area contributed by atoms with E-state index in [-0.39, 0.29) is 17.5 Å². The lowest BCUT2D eigenvalue weighted by molar-refractivity contribution is 0.332. The van der Waals surface area contributed by atoms with Gasteiger partial charge in [-0.2, -0.15) is 0 Å². The minimum Gasteiger partial charge on any atom is -0.454 e. The Kier molecular flexibility index (Phi) is 9.24. The summed E-state index contributed by atoms with van der Waals surface area (Å²) in [5.41, 5.74) is 23.8. The first kappa shape index (κ1) is 41.4. The molecule has 3 heterocycles. The number of hydrogen-bond acceptors (Lipinski definition) is 4. The molecule has 0 saturated heterocycles. The predicted molar refractivity (Wildman–Crippen MR) is 293 cm³/mol. The molecule has 0 bridgehead atoms. The summed E-state index contributed by atoms with van der Waals surface area (Å²) in [5, 5.41) is 2.26. The third-order valence-electron chi connectivity index (χ3n) is 15.6. The minimum absolute atomic E-state index is 0.00686. The van der Waals surface area contributed by atoms with E-state index in [1.54, 1.807) is 0 Å². The van der Waals surface area contributed by atoms with E-state index in [0.29, 0.717) is 0 Å². The van der Waals surface area contributed by atoms with Crippen molar-refractivity contribution >= 4 is 96.2 Å². The third-order valence-corrected chi connectivity index (χ3v) is 15.6. The van der Waals surface area contributed by atoms with Gasteiger partial charge in [-0.25, -0.2) is 0 Å². The molecule has 9 aromatic carbocycles. The van der Waals surface area contributed by atoms with Crippen LogP contribution >= 0.6 is 0 Å². The van der Waals surface area contributed by atoms with E-state index in [2.05, 4.69) is 250 Å². The van der Waals surface area contributed by atoms with Gasteiger partial charge in [0, 0.05) is 56.3 Å². The van der Waals surface area contributed by atoms with E-state index < -0.39 is 0 Å². The highest BCUT2D eigenvalue weighted by Crippen LogP contribution is 2.52. The molecular weight excluding hydrogens is 838 g/mol. The number of hydrogen-bond donors (Lipinski definition) is 0.